The number of rotatable bonds is 52. The lowest BCUT2D eigenvalue weighted by Crippen LogP contribution is -2.45. The second kappa shape index (κ2) is 54.7. The van der Waals surface area contributed by atoms with Crippen LogP contribution in [0.2, 0.25) is 0 Å². The Balaban J connectivity index is 3.57. The number of nitrogens with one attached hydrogen (secondary N) is 1. The van der Waals surface area contributed by atoms with Crippen molar-refractivity contribution in [3.63, 3.8) is 0 Å². The van der Waals surface area contributed by atoms with Crippen molar-refractivity contribution in [2.45, 2.75) is 308 Å². The Morgan fingerprint density at radius 3 is 1.08 bits per heavy atom. The molecule has 3 unspecified atom stereocenters. The van der Waals surface area contributed by atoms with Crippen molar-refractivity contribution in [2.75, 3.05) is 6.61 Å². The van der Waals surface area contributed by atoms with Crippen molar-refractivity contribution < 1.29 is 20.1 Å². The van der Waals surface area contributed by atoms with Crippen molar-refractivity contribution in [1.82, 2.24) is 5.32 Å². The van der Waals surface area contributed by atoms with Crippen molar-refractivity contribution in [2.24, 2.45) is 0 Å². The van der Waals surface area contributed by atoms with E-state index in [1.807, 2.05) is 6.08 Å². The molecule has 0 aliphatic carbocycles. The average Bonchev–Trinajstić information content (AvgIpc) is 3.30. The van der Waals surface area contributed by atoms with Crippen LogP contribution in [0, 0.1) is 0 Å². The molecule has 5 heteroatoms. The van der Waals surface area contributed by atoms with Crippen LogP contribution in [0.5, 0.6) is 0 Å². The molecule has 0 radical (unpaired) electrons. The fourth-order valence-electron chi connectivity index (χ4n) is 8.64. The summed E-state index contributed by atoms with van der Waals surface area (Å²) in [5.74, 6) is -0.328. The fourth-order valence-corrected chi connectivity index (χ4v) is 8.64. The van der Waals surface area contributed by atoms with Crippen LogP contribution in [-0.2, 0) is 4.79 Å². The van der Waals surface area contributed by atoms with Crippen LogP contribution in [0.25, 0.3) is 0 Å². The molecule has 0 saturated carbocycles. The van der Waals surface area contributed by atoms with E-state index in [9.17, 15) is 20.1 Å². The van der Waals surface area contributed by atoms with E-state index in [0.29, 0.717) is 6.42 Å². The van der Waals surface area contributed by atoms with Crippen LogP contribution < -0.4 is 5.32 Å². The molecule has 380 valence electrons. The summed E-state index contributed by atoms with van der Waals surface area (Å²) in [7, 11) is 0. The molecule has 0 aromatic heterocycles. The lowest BCUT2D eigenvalue weighted by atomic mass is 10.0. The zero-order chi connectivity index (χ0) is 47.2. The van der Waals surface area contributed by atoms with Gasteiger partial charge in [0.25, 0.3) is 0 Å². The predicted octanol–water partition coefficient (Wildman–Crippen LogP) is 17.8. The zero-order valence-electron chi connectivity index (χ0n) is 43.4. The Kier molecular flexibility index (Phi) is 53.0. The van der Waals surface area contributed by atoms with E-state index in [0.717, 1.165) is 44.9 Å². The smallest absolute Gasteiger partial charge is 0.222 e. The number of aliphatic hydroxyl groups is 3. The first-order valence-corrected chi connectivity index (χ1v) is 28.6. The second-order valence-corrected chi connectivity index (χ2v) is 19.5. The van der Waals surface area contributed by atoms with Gasteiger partial charge in [-0.3, -0.25) is 4.79 Å². The molecule has 0 bridgehead atoms. The minimum atomic E-state index is -0.962. The highest BCUT2D eigenvalue weighted by atomic mass is 16.3. The van der Waals surface area contributed by atoms with E-state index < -0.39 is 18.2 Å². The summed E-state index contributed by atoms with van der Waals surface area (Å²) < 4.78 is 0. The monoisotopic (exact) mass is 910 g/mol. The zero-order valence-corrected chi connectivity index (χ0v) is 43.4. The van der Waals surface area contributed by atoms with Crippen LogP contribution >= 0.6 is 0 Å². The molecule has 1 amide bonds. The molecule has 0 aliphatic heterocycles. The summed E-state index contributed by atoms with van der Waals surface area (Å²) in [6, 6.07) is -0.770. The Morgan fingerprint density at radius 1 is 0.400 bits per heavy atom. The highest BCUT2D eigenvalue weighted by molar-refractivity contribution is 5.76. The first-order chi connectivity index (χ1) is 32.0. The summed E-state index contributed by atoms with van der Waals surface area (Å²) in [6.07, 6.45) is 74.2. The van der Waals surface area contributed by atoms with E-state index in [-0.39, 0.29) is 18.9 Å². The van der Waals surface area contributed by atoms with E-state index in [2.05, 4.69) is 67.8 Å². The maximum atomic E-state index is 12.5. The van der Waals surface area contributed by atoms with E-state index in [1.54, 1.807) is 6.08 Å². The average molecular weight is 911 g/mol. The number of allylic oxidation sites excluding steroid dienone is 9. The first kappa shape index (κ1) is 63.0. The van der Waals surface area contributed by atoms with Crippen LogP contribution in [0.15, 0.2) is 60.8 Å². The number of hydrogen-bond acceptors (Lipinski definition) is 4. The van der Waals surface area contributed by atoms with Crippen LogP contribution in [-0.4, -0.2) is 46.1 Å². The van der Waals surface area contributed by atoms with Gasteiger partial charge in [-0.25, -0.2) is 0 Å². The van der Waals surface area contributed by atoms with Crippen LogP contribution in [0.4, 0.5) is 0 Å². The van der Waals surface area contributed by atoms with Crippen molar-refractivity contribution in [1.29, 1.82) is 0 Å². The first-order valence-electron chi connectivity index (χ1n) is 28.6. The number of carbonyl (C=O) groups is 1. The molecule has 4 N–H and O–H groups in total. The molecule has 0 heterocycles. The molecule has 0 spiro atoms. The Hall–Kier alpha value is -1.95. The van der Waals surface area contributed by atoms with Gasteiger partial charge < -0.3 is 20.6 Å². The lowest BCUT2D eigenvalue weighted by molar-refractivity contribution is -0.124. The SMILES string of the molecule is CCCCCCCCC/C=C/CC/C=C/CC/C=C/C(O)C(CO)NC(=O)CC(O)CCCCCCCCCCCCCCCCC/C=C\C/C=C\CCCCCCCCCCCCC. The molecule has 0 aromatic carbocycles. The van der Waals surface area contributed by atoms with E-state index in [1.165, 1.54) is 218 Å². The summed E-state index contributed by atoms with van der Waals surface area (Å²) in [4.78, 5) is 12.5. The van der Waals surface area contributed by atoms with Crippen molar-refractivity contribution >= 4 is 5.91 Å². The molecular formula is C60H111NO4. The topological polar surface area (TPSA) is 89.8 Å². The number of carbonyl (C=O) groups excluding carboxylic acids is 1. The molecule has 0 rings (SSSR count). The number of unbranched alkanes of at least 4 members (excludes halogenated alkanes) is 35. The van der Waals surface area contributed by atoms with E-state index >= 15 is 0 Å². The van der Waals surface area contributed by atoms with Gasteiger partial charge in [0, 0.05) is 0 Å². The number of hydrogen-bond donors (Lipinski definition) is 4. The molecule has 3 atom stereocenters. The summed E-state index contributed by atoms with van der Waals surface area (Å²) in [5, 5.41) is 33.4. The highest BCUT2D eigenvalue weighted by Gasteiger charge is 2.20. The van der Waals surface area contributed by atoms with Gasteiger partial charge in [0.05, 0.1) is 31.3 Å². The standard InChI is InChI=1S/C60H111NO4/c1-3-5-7-9-11-13-15-17-19-21-22-23-24-25-26-27-28-29-30-31-32-33-34-35-36-38-39-41-43-45-47-49-51-53-57(63)55-60(65)61-58(56-62)59(64)54-52-50-48-46-44-42-40-37-20-18-16-14-12-10-8-6-4-2/h20,24-25,27-28,37,44,46,52,54,57-59,62-64H,3-19,21-23,26,29-36,38-43,45,47-51,53,55-56H2,1-2H3,(H,61,65)/b25-24-,28-27-,37-20+,46-44+,54-52+. The van der Waals surface area contributed by atoms with Gasteiger partial charge in [-0.15, -0.1) is 0 Å². The molecule has 65 heavy (non-hydrogen) atoms. The summed E-state index contributed by atoms with van der Waals surface area (Å²) in [6.45, 7) is 4.21. The highest BCUT2D eigenvalue weighted by Crippen LogP contribution is 2.16. The maximum Gasteiger partial charge on any atom is 0.222 e. The number of aliphatic hydroxyl groups excluding tert-OH is 3. The molecule has 0 aromatic rings. The minimum absolute atomic E-state index is 0.00143. The predicted molar refractivity (Wildman–Crippen MR) is 287 cm³/mol. The molecule has 0 aliphatic rings. The van der Waals surface area contributed by atoms with Crippen molar-refractivity contribution in [3.8, 4) is 0 Å². The molecule has 0 fully saturated rings. The fraction of sp³-hybridized carbons (Fsp3) is 0.817. The van der Waals surface area contributed by atoms with Crippen LogP contribution in [0.1, 0.15) is 290 Å². The normalized spacial score (nSPS) is 13.7. The molecular weight excluding hydrogens is 799 g/mol. The summed E-state index contributed by atoms with van der Waals surface area (Å²) >= 11 is 0. The third kappa shape index (κ3) is 51.3. The largest absolute Gasteiger partial charge is 0.394 e. The minimum Gasteiger partial charge on any atom is -0.394 e. The summed E-state index contributed by atoms with van der Waals surface area (Å²) in [5.41, 5.74) is 0. The Bertz CT molecular complexity index is 1090. The maximum absolute atomic E-state index is 12.5. The van der Waals surface area contributed by atoms with Gasteiger partial charge in [-0.1, -0.05) is 267 Å². The van der Waals surface area contributed by atoms with Gasteiger partial charge in [-0.2, -0.15) is 0 Å². The Labute approximate surface area is 405 Å². The third-order valence-electron chi connectivity index (χ3n) is 13.0. The van der Waals surface area contributed by atoms with Gasteiger partial charge in [-0.05, 0) is 77.0 Å². The van der Waals surface area contributed by atoms with E-state index in [4.69, 9.17) is 0 Å². The van der Waals surface area contributed by atoms with Crippen LogP contribution in [0.3, 0.4) is 0 Å². The van der Waals surface area contributed by atoms with Gasteiger partial charge in [0.1, 0.15) is 0 Å². The number of amides is 1. The Morgan fingerprint density at radius 2 is 0.708 bits per heavy atom. The molecule has 5 nitrogen and oxygen atoms in total. The second-order valence-electron chi connectivity index (χ2n) is 19.5. The van der Waals surface area contributed by atoms with Gasteiger partial charge in [0.2, 0.25) is 5.91 Å². The third-order valence-corrected chi connectivity index (χ3v) is 13.0. The molecule has 0 saturated heterocycles. The van der Waals surface area contributed by atoms with Gasteiger partial charge >= 0.3 is 0 Å². The van der Waals surface area contributed by atoms with Crippen molar-refractivity contribution in [3.05, 3.63) is 60.8 Å². The lowest BCUT2D eigenvalue weighted by Gasteiger charge is -2.21. The quantitative estimate of drug-likeness (QED) is 0.0362. The van der Waals surface area contributed by atoms with Gasteiger partial charge in [0.15, 0.2) is 0 Å².